The average Bonchev–Trinajstić information content (AvgIpc) is 2.65. The van der Waals surface area contributed by atoms with Crippen LogP contribution in [-0.4, -0.2) is 11.5 Å². The predicted octanol–water partition coefficient (Wildman–Crippen LogP) is 3.70. The van der Waals surface area contributed by atoms with Gasteiger partial charge in [0.05, 0.1) is 0 Å². The van der Waals surface area contributed by atoms with Crippen molar-refractivity contribution in [3.8, 4) is 0 Å². The fraction of sp³-hybridized carbons (Fsp3) is 0.667. The summed E-state index contributed by atoms with van der Waals surface area (Å²) in [4.78, 5) is 4.06. The van der Waals surface area contributed by atoms with Crippen molar-refractivity contribution < 1.29 is 0 Å². The summed E-state index contributed by atoms with van der Waals surface area (Å²) in [5.74, 6) is 0.891. The molecule has 2 nitrogen and oxygen atoms in total. The Morgan fingerprint density at radius 3 is 2.47 bits per heavy atom. The van der Waals surface area contributed by atoms with Crippen LogP contribution in [0, 0.1) is 5.92 Å². The van der Waals surface area contributed by atoms with Crippen LogP contribution in [0.25, 0.3) is 0 Å². The number of hydrogen-bond donors (Lipinski definition) is 1. The molecule has 2 rings (SSSR count). The van der Waals surface area contributed by atoms with E-state index in [4.69, 9.17) is 0 Å². The molecule has 2 heteroatoms. The minimum absolute atomic E-state index is 0.446. The van der Waals surface area contributed by atoms with E-state index >= 15 is 0 Å². The largest absolute Gasteiger partial charge is 0.310 e. The molecule has 1 heterocycles. The maximum Gasteiger partial charge on any atom is 0.0293 e. The number of nitrogens with one attached hydrogen (secondary N) is 1. The van der Waals surface area contributed by atoms with Gasteiger partial charge in [0, 0.05) is 18.4 Å². The molecule has 0 aliphatic heterocycles. The standard InChI is InChI=1S/C15H24N2/c1-13(15-8-10-16-11-9-15)17-12-14-6-4-2-3-5-7-14/h8-11,13-14,17H,2-7,12H2,1H3. The van der Waals surface area contributed by atoms with Crippen LogP contribution < -0.4 is 5.32 Å². The number of hydrogen-bond acceptors (Lipinski definition) is 2. The molecule has 1 N–H and O–H groups in total. The van der Waals surface area contributed by atoms with Crippen LogP contribution >= 0.6 is 0 Å². The Balaban J connectivity index is 1.77. The quantitative estimate of drug-likeness (QED) is 0.801. The van der Waals surface area contributed by atoms with Gasteiger partial charge in [-0.3, -0.25) is 4.98 Å². The molecule has 0 bridgehead atoms. The monoisotopic (exact) mass is 232 g/mol. The minimum atomic E-state index is 0.446. The summed E-state index contributed by atoms with van der Waals surface area (Å²) in [7, 11) is 0. The second kappa shape index (κ2) is 6.75. The molecule has 1 fully saturated rings. The van der Waals surface area contributed by atoms with Crippen LogP contribution in [0.3, 0.4) is 0 Å². The van der Waals surface area contributed by atoms with Gasteiger partial charge < -0.3 is 5.32 Å². The summed E-state index contributed by atoms with van der Waals surface area (Å²) in [5.41, 5.74) is 1.34. The van der Waals surface area contributed by atoms with Gasteiger partial charge in [-0.25, -0.2) is 0 Å². The summed E-state index contributed by atoms with van der Waals surface area (Å²) < 4.78 is 0. The zero-order chi connectivity index (χ0) is 11.9. The Morgan fingerprint density at radius 2 is 1.82 bits per heavy atom. The molecule has 1 saturated carbocycles. The third-order valence-corrected chi connectivity index (χ3v) is 3.89. The SMILES string of the molecule is CC(NCC1CCCCCC1)c1ccncc1. The molecular formula is C15H24N2. The molecule has 94 valence electrons. The fourth-order valence-electron chi connectivity index (χ4n) is 2.68. The van der Waals surface area contributed by atoms with E-state index in [1.807, 2.05) is 12.4 Å². The molecular weight excluding hydrogens is 208 g/mol. The van der Waals surface area contributed by atoms with Crippen LogP contribution in [-0.2, 0) is 0 Å². The molecule has 1 aromatic heterocycles. The highest BCUT2D eigenvalue weighted by Crippen LogP contribution is 2.23. The lowest BCUT2D eigenvalue weighted by molar-refractivity contribution is 0.403. The molecule has 0 amide bonds. The third kappa shape index (κ3) is 4.12. The van der Waals surface area contributed by atoms with Gasteiger partial charge in [-0.2, -0.15) is 0 Å². The van der Waals surface area contributed by atoms with E-state index in [0.717, 1.165) is 5.92 Å². The maximum atomic E-state index is 4.06. The molecule has 1 aliphatic carbocycles. The van der Waals surface area contributed by atoms with Crippen LogP contribution in [0.5, 0.6) is 0 Å². The van der Waals surface area contributed by atoms with Crippen molar-refractivity contribution in [1.29, 1.82) is 0 Å². The van der Waals surface area contributed by atoms with Crippen molar-refractivity contribution in [3.63, 3.8) is 0 Å². The molecule has 0 aromatic carbocycles. The number of aromatic nitrogens is 1. The van der Waals surface area contributed by atoms with Crippen LogP contribution in [0.1, 0.15) is 57.1 Å². The lowest BCUT2D eigenvalue weighted by Crippen LogP contribution is -2.25. The van der Waals surface area contributed by atoms with Gasteiger partial charge in [0.1, 0.15) is 0 Å². The first-order valence-electron chi connectivity index (χ1n) is 6.99. The first-order chi connectivity index (χ1) is 8.36. The van der Waals surface area contributed by atoms with Gasteiger partial charge in [0.2, 0.25) is 0 Å². The highest BCUT2D eigenvalue weighted by atomic mass is 14.9. The zero-order valence-corrected chi connectivity index (χ0v) is 10.9. The Labute approximate surface area is 105 Å². The van der Waals surface area contributed by atoms with Gasteiger partial charge in [-0.15, -0.1) is 0 Å². The second-order valence-electron chi connectivity index (χ2n) is 5.27. The molecule has 1 aliphatic rings. The van der Waals surface area contributed by atoms with Crippen molar-refractivity contribution in [3.05, 3.63) is 30.1 Å². The van der Waals surface area contributed by atoms with Crippen molar-refractivity contribution in [2.24, 2.45) is 5.92 Å². The molecule has 0 saturated heterocycles. The normalized spacial score (nSPS) is 19.8. The summed E-state index contributed by atoms with van der Waals surface area (Å²) >= 11 is 0. The molecule has 1 atom stereocenters. The van der Waals surface area contributed by atoms with Crippen LogP contribution in [0.15, 0.2) is 24.5 Å². The molecule has 0 spiro atoms. The number of nitrogens with zero attached hydrogens (tertiary/aromatic N) is 1. The summed E-state index contributed by atoms with van der Waals surface area (Å²) in [6.07, 6.45) is 12.3. The Morgan fingerprint density at radius 1 is 1.18 bits per heavy atom. The van der Waals surface area contributed by atoms with Gasteiger partial charge >= 0.3 is 0 Å². The maximum absolute atomic E-state index is 4.06. The van der Waals surface area contributed by atoms with Crippen molar-refractivity contribution in [1.82, 2.24) is 10.3 Å². The lowest BCUT2D eigenvalue weighted by atomic mass is 9.99. The molecule has 1 aromatic rings. The Bertz CT molecular complexity index is 302. The van der Waals surface area contributed by atoms with E-state index in [9.17, 15) is 0 Å². The first kappa shape index (κ1) is 12.6. The van der Waals surface area contributed by atoms with Crippen molar-refractivity contribution in [2.75, 3.05) is 6.54 Å². The van der Waals surface area contributed by atoms with Crippen LogP contribution in [0.2, 0.25) is 0 Å². The predicted molar refractivity (Wildman–Crippen MR) is 71.8 cm³/mol. The number of pyridine rings is 1. The van der Waals surface area contributed by atoms with E-state index in [-0.39, 0.29) is 0 Å². The Kier molecular flexibility index (Phi) is 4.99. The average molecular weight is 232 g/mol. The van der Waals surface area contributed by atoms with E-state index in [1.54, 1.807) is 0 Å². The zero-order valence-electron chi connectivity index (χ0n) is 10.9. The smallest absolute Gasteiger partial charge is 0.0293 e. The van der Waals surface area contributed by atoms with Gasteiger partial charge in [-0.1, -0.05) is 25.7 Å². The number of rotatable bonds is 4. The highest BCUT2D eigenvalue weighted by Gasteiger charge is 2.13. The fourth-order valence-corrected chi connectivity index (χ4v) is 2.68. The van der Waals surface area contributed by atoms with E-state index < -0.39 is 0 Å². The molecule has 1 unspecified atom stereocenters. The summed E-state index contributed by atoms with van der Waals surface area (Å²) in [6.45, 7) is 3.41. The van der Waals surface area contributed by atoms with Gasteiger partial charge in [0.25, 0.3) is 0 Å². The van der Waals surface area contributed by atoms with E-state index in [2.05, 4.69) is 29.4 Å². The highest BCUT2D eigenvalue weighted by molar-refractivity contribution is 5.13. The van der Waals surface area contributed by atoms with Crippen molar-refractivity contribution in [2.45, 2.75) is 51.5 Å². The summed E-state index contributed by atoms with van der Waals surface area (Å²) in [5, 5.41) is 3.67. The Hall–Kier alpha value is -0.890. The van der Waals surface area contributed by atoms with Gasteiger partial charge in [0.15, 0.2) is 0 Å². The third-order valence-electron chi connectivity index (χ3n) is 3.89. The second-order valence-corrected chi connectivity index (χ2v) is 5.27. The van der Waals surface area contributed by atoms with Gasteiger partial charge in [-0.05, 0) is 49.9 Å². The summed E-state index contributed by atoms with van der Waals surface area (Å²) in [6, 6.07) is 4.65. The van der Waals surface area contributed by atoms with Crippen LogP contribution in [0.4, 0.5) is 0 Å². The molecule has 17 heavy (non-hydrogen) atoms. The van der Waals surface area contributed by atoms with E-state index in [0.29, 0.717) is 6.04 Å². The first-order valence-corrected chi connectivity index (χ1v) is 6.99. The lowest BCUT2D eigenvalue weighted by Gasteiger charge is -2.19. The van der Waals surface area contributed by atoms with Crippen molar-refractivity contribution >= 4 is 0 Å². The van der Waals surface area contributed by atoms with E-state index in [1.165, 1.54) is 50.6 Å². The molecule has 0 radical (unpaired) electrons. The minimum Gasteiger partial charge on any atom is -0.310 e. The topological polar surface area (TPSA) is 24.9 Å².